The first-order chi connectivity index (χ1) is 9.19. The van der Waals surface area contributed by atoms with Crippen molar-refractivity contribution in [1.82, 2.24) is 0 Å². The summed E-state index contributed by atoms with van der Waals surface area (Å²) in [6, 6.07) is 15.3. The zero-order valence-electron chi connectivity index (χ0n) is 11.3. The molecule has 2 N–H and O–H groups in total. The van der Waals surface area contributed by atoms with Gasteiger partial charge in [-0.3, -0.25) is 0 Å². The average molecular weight is 257 g/mol. The first-order valence-electron chi connectivity index (χ1n) is 6.68. The van der Waals surface area contributed by atoms with E-state index < -0.39 is 0 Å². The highest BCUT2D eigenvalue weighted by molar-refractivity contribution is 5.27. The minimum absolute atomic E-state index is 0.170. The Hall–Kier alpha value is -1.67. The first-order valence-corrected chi connectivity index (χ1v) is 6.68. The third-order valence-corrected chi connectivity index (χ3v) is 3.52. The molecule has 1 nitrogen and oxygen atoms in total. The second-order valence-electron chi connectivity index (χ2n) is 5.07. The molecule has 2 rings (SSSR count). The van der Waals surface area contributed by atoms with E-state index in [9.17, 15) is 4.39 Å². The molecule has 0 aromatic heterocycles. The van der Waals surface area contributed by atoms with Crippen LogP contribution in [0.3, 0.4) is 0 Å². The van der Waals surface area contributed by atoms with Gasteiger partial charge in [0.25, 0.3) is 0 Å². The fraction of sp³-hybridized carbons (Fsp3) is 0.294. The zero-order valence-corrected chi connectivity index (χ0v) is 11.3. The van der Waals surface area contributed by atoms with Crippen LogP contribution in [-0.2, 0) is 12.8 Å². The van der Waals surface area contributed by atoms with Crippen LogP contribution < -0.4 is 5.73 Å². The lowest BCUT2D eigenvalue weighted by molar-refractivity contribution is 0.529. The van der Waals surface area contributed by atoms with E-state index in [2.05, 4.69) is 12.1 Å². The summed E-state index contributed by atoms with van der Waals surface area (Å²) >= 11 is 0. The Morgan fingerprint density at radius 3 is 2.47 bits per heavy atom. The number of nitrogens with two attached hydrogens (primary N) is 1. The van der Waals surface area contributed by atoms with Crippen LogP contribution in [0.15, 0.2) is 48.5 Å². The molecule has 0 saturated carbocycles. The van der Waals surface area contributed by atoms with Gasteiger partial charge < -0.3 is 5.73 Å². The van der Waals surface area contributed by atoms with Crippen molar-refractivity contribution in [3.8, 4) is 0 Å². The number of aryl methyl sites for hydroxylation is 1. The second kappa shape index (κ2) is 6.48. The van der Waals surface area contributed by atoms with Gasteiger partial charge in [-0.1, -0.05) is 36.4 Å². The van der Waals surface area contributed by atoms with E-state index in [0.29, 0.717) is 12.5 Å². The fourth-order valence-corrected chi connectivity index (χ4v) is 2.36. The summed E-state index contributed by atoms with van der Waals surface area (Å²) in [4.78, 5) is 0. The Bertz CT molecular complexity index is 522. The predicted molar refractivity (Wildman–Crippen MR) is 77.5 cm³/mol. The van der Waals surface area contributed by atoms with E-state index in [4.69, 9.17) is 5.73 Å². The van der Waals surface area contributed by atoms with Crippen molar-refractivity contribution in [3.63, 3.8) is 0 Å². The Morgan fingerprint density at radius 2 is 1.79 bits per heavy atom. The summed E-state index contributed by atoms with van der Waals surface area (Å²) in [6.07, 6.45) is 1.77. The largest absolute Gasteiger partial charge is 0.330 e. The minimum Gasteiger partial charge on any atom is -0.330 e. The third-order valence-electron chi connectivity index (χ3n) is 3.52. The Kier molecular flexibility index (Phi) is 4.69. The number of benzene rings is 2. The maximum atomic E-state index is 13.3. The second-order valence-corrected chi connectivity index (χ2v) is 5.07. The van der Waals surface area contributed by atoms with Gasteiger partial charge in [-0.2, -0.15) is 0 Å². The molecular formula is C17H20FN. The molecule has 19 heavy (non-hydrogen) atoms. The molecule has 0 aliphatic heterocycles. The van der Waals surface area contributed by atoms with Gasteiger partial charge in [-0.05, 0) is 61.1 Å². The molecule has 0 aliphatic rings. The van der Waals surface area contributed by atoms with Gasteiger partial charge in [0, 0.05) is 0 Å². The lowest BCUT2D eigenvalue weighted by Crippen LogP contribution is -2.19. The highest BCUT2D eigenvalue weighted by Crippen LogP contribution is 2.18. The standard InChI is InChI=1S/C17H20FN/c1-13-7-8-17(18)11-16(13)10-15(12-19)9-14-5-3-2-4-6-14/h2-8,11,15H,9-10,12,19H2,1H3. The van der Waals surface area contributed by atoms with Crippen LogP contribution in [0.5, 0.6) is 0 Å². The molecule has 0 aliphatic carbocycles. The van der Waals surface area contributed by atoms with Crippen molar-refractivity contribution in [2.24, 2.45) is 11.7 Å². The molecular weight excluding hydrogens is 237 g/mol. The summed E-state index contributed by atoms with van der Waals surface area (Å²) in [6.45, 7) is 2.63. The molecule has 100 valence electrons. The van der Waals surface area contributed by atoms with Crippen molar-refractivity contribution < 1.29 is 4.39 Å². The lowest BCUT2D eigenvalue weighted by Gasteiger charge is -2.16. The maximum Gasteiger partial charge on any atom is 0.123 e. The van der Waals surface area contributed by atoms with Crippen LogP contribution in [0, 0.1) is 18.7 Å². The van der Waals surface area contributed by atoms with Crippen LogP contribution in [0.4, 0.5) is 4.39 Å². The van der Waals surface area contributed by atoms with E-state index in [1.54, 1.807) is 6.07 Å². The summed E-state index contributed by atoms with van der Waals surface area (Å²) in [5.74, 6) is 0.180. The Labute approximate surface area is 114 Å². The number of hydrogen-bond donors (Lipinski definition) is 1. The highest BCUT2D eigenvalue weighted by atomic mass is 19.1. The van der Waals surface area contributed by atoms with Crippen molar-refractivity contribution >= 4 is 0 Å². The maximum absolute atomic E-state index is 13.3. The molecule has 0 radical (unpaired) electrons. The molecule has 2 aromatic rings. The molecule has 2 heteroatoms. The van der Waals surface area contributed by atoms with Gasteiger partial charge in [-0.15, -0.1) is 0 Å². The van der Waals surface area contributed by atoms with Crippen LogP contribution in [0.1, 0.15) is 16.7 Å². The third kappa shape index (κ3) is 3.90. The molecule has 0 amide bonds. The molecule has 0 spiro atoms. The quantitative estimate of drug-likeness (QED) is 0.871. The number of halogens is 1. The molecule has 2 aromatic carbocycles. The van der Waals surface area contributed by atoms with E-state index in [1.807, 2.05) is 31.2 Å². The van der Waals surface area contributed by atoms with Crippen LogP contribution in [-0.4, -0.2) is 6.54 Å². The van der Waals surface area contributed by atoms with Crippen molar-refractivity contribution in [2.75, 3.05) is 6.54 Å². The highest BCUT2D eigenvalue weighted by Gasteiger charge is 2.11. The van der Waals surface area contributed by atoms with Gasteiger partial charge in [0.05, 0.1) is 0 Å². The lowest BCUT2D eigenvalue weighted by atomic mass is 9.91. The van der Waals surface area contributed by atoms with Crippen molar-refractivity contribution in [2.45, 2.75) is 19.8 Å². The minimum atomic E-state index is -0.170. The predicted octanol–water partition coefficient (Wildman–Crippen LogP) is 3.49. The van der Waals surface area contributed by atoms with E-state index in [-0.39, 0.29) is 5.82 Å². The monoisotopic (exact) mass is 257 g/mol. The fourth-order valence-electron chi connectivity index (χ4n) is 2.36. The summed E-state index contributed by atoms with van der Waals surface area (Å²) < 4.78 is 13.3. The van der Waals surface area contributed by atoms with E-state index >= 15 is 0 Å². The molecule has 1 unspecified atom stereocenters. The summed E-state index contributed by atoms with van der Waals surface area (Å²) in [5.41, 5.74) is 9.34. The van der Waals surface area contributed by atoms with E-state index in [1.165, 1.54) is 11.6 Å². The van der Waals surface area contributed by atoms with Crippen LogP contribution >= 0.6 is 0 Å². The van der Waals surface area contributed by atoms with Crippen molar-refractivity contribution in [3.05, 3.63) is 71.0 Å². The SMILES string of the molecule is Cc1ccc(F)cc1CC(CN)Cc1ccccc1. The molecule has 0 bridgehead atoms. The molecule has 0 saturated heterocycles. The first kappa shape index (κ1) is 13.8. The Balaban J connectivity index is 2.09. The van der Waals surface area contributed by atoms with Gasteiger partial charge >= 0.3 is 0 Å². The smallest absolute Gasteiger partial charge is 0.123 e. The summed E-state index contributed by atoms with van der Waals surface area (Å²) in [5, 5.41) is 0. The number of rotatable bonds is 5. The molecule has 0 fully saturated rings. The van der Waals surface area contributed by atoms with Gasteiger partial charge in [0.1, 0.15) is 5.82 Å². The van der Waals surface area contributed by atoms with E-state index in [0.717, 1.165) is 24.0 Å². The zero-order chi connectivity index (χ0) is 13.7. The molecule has 1 atom stereocenters. The van der Waals surface area contributed by atoms with Crippen molar-refractivity contribution in [1.29, 1.82) is 0 Å². The average Bonchev–Trinajstić information content (AvgIpc) is 2.43. The van der Waals surface area contributed by atoms with Gasteiger partial charge in [0.15, 0.2) is 0 Å². The Morgan fingerprint density at radius 1 is 1.05 bits per heavy atom. The molecule has 0 heterocycles. The summed E-state index contributed by atoms with van der Waals surface area (Å²) in [7, 11) is 0. The van der Waals surface area contributed by atoms with Crippen LogP contribution in [0.25, 0.3) is 0 Å². The number of hydrogen-bond acceptors (Lipinski definition) is 1. The topological polar surface area (TPSA) is 26.0 Å². The normalized spacial score (nSPS) is 12.4. The van der Waals surface area contributed by atoms with Crippen LogP contribution in [0.2, 0.25) is 0 Å². The van der Waals surface area contributed by atoms with Gasteiger partial charge in [0.2, 0.25) is 0 Å². The van der Waals surface area contributed by atoms with Gasteiger partial charge in [-0.25, -0.2) is 4.39 Å².